The summed E-state index contributed by atoms with van der Waals surface area (Å²) in [5.41, 5.74) is 1.29. The zero-order valence-corrected chi connectivity index (χ0v) is 12.8. The number of hydrogen-bond acceptors (Lipinski definition) is 3. The Hall–Kier alpha value is -1.06. The lowest BCUT2D eigenvalue weighted by Crippen LogP contribution is -2.24. The molecule has 1 rings (SSSR count). The predicted molar refractivity (Wildman–Crippen MR) is 81.2 cm³/mol. The van der Waals surface area contributed by atoms with Gasteiger partial charge in [0.2, 0.25) is 0 Å². The summed E-state index contributed by atoms with van der Waals surface area (Å²) in [6.07, 6.45) is 3.12. The van der Waals surface area contributed by atoms with Crippen molar-refractivity contribution < 1.29 is 4.42 Å². The number of nitrogens with zero attached hydrogens (tertiary/aromatic N) is 1. The maximum atomic E-state index is 5.81. The van der Waals surface area contributed by atoms with Gasteiger partial charge >= 0.3 is 0 Å². The summed E-state index contributed by atoms with van der Waals surface area (Å²) in [6.45, 7) is 16.1. The van der Waals surface area contributed by atoms with Crippen LogP contribution < -0.4 is 5.32 Å². The highest BCUT2D eigenvalue weighted by atomic mass is 16.3. The van der Waals surface area contributed by atoms with E-state index in [1.165, 1.54) is 5.56 Å². The molecule has 0 aromatic carbocycles. The van der Waals surface area contributed by atoms with E-state index in [9.17, 15) is 0 Å². The van der Waals surface area contributed by atoms with Crippen molar-refractivity contribution in [2.75, 3.05) is 13.1 Å². The van der Waals surface area contributed by atoms with E-state index in [0.717, 1.165) is 44.1 Å². The van der Waals surface area contributed by atoms with Gasteiger partial charge in [-0.1, -0.05) is 26.8 Å². The highest BCUT2D eigenvalue weighted by Gasteiger charge is 2.11. The molecule has 0 aliphatic carbocycles. The van der Waals surface area contributed by atoms with Gasteiger partial charge in [0.25, 0.3) is 0 Å². The molecule has 0 aliphatic heterocycles. The monoisotopic (exact) mass is 264 g/mol. The van der Waals surface area contributed by atoms with E-state index in [2.05, 4.69) is 43.6 Å². The van der Waals surface area contributed by atoms with Crippen molar-refractivity contribution in [3.05, 3.63) is 35.8 Å². The molecule has 0 amide bonds. The van der Waals surface area contributed by atoms with Gasteiger partial charge in [-0.15, -0.1) is 6.58 Å². The Kier molecular flexibility index (Phi) is 6.89. The number of nitrogens with one attached hydrogen (secondary N) is 1. The van der Waals surface area contributed by atoms with Crippen LogP contribution in [0.3, 0.4) is 0 Å². The zero-order valence-electron chi connectivity index (χ0n) is 12.8. The first-order valence-corrected chi connectivity index (χ1v) is 7.21. The fourth-order valence-corrected chi connectivity index (χ4v) is 2.11. The SMILES string of the molecule is C=CCN(CCC)Cc1cc(CNC(C)C)oc1C. The van der Waals surface area contributed by atoms with Gasteiger partial charge in [-0.2, -0.15) is 0 Å². The number of furan rings is 1. The molecule has 3 nitrogen and oxygen atoms in total. The molecule has 0 bridgehead atoms. The molecule has 19 heavy (non-hydrogen) atoms. The van der Waals surface area contributed by atoms with Gasteiger partial charge in [0.15, 0.2) is 0 Å². The third-order valence-corrected chi connectivity index (χ3v) is 3.08. The molecule has 0 unspecified atom stereocenters. The molecule has 0 aliphatic rings. The second-order valence-corrected chi connectivity index (χ2v) is 5.35. The first-order chi connectivity index (χ1) is 9.06. The van der Waals surface area contributed by atoms with E-state index in [1.807, 2.05) is 13.0 Å². The van der Waals surface area contributed by atoms with Gasteiger partial charge in [-0.25, -0.2) is 0 Å². The van der Waals surface area contributed by atoms with Crippen LogP contribution in [-0.2, 0) is 13.1 Å². The lowest BCUT2D eigenvalue weighted by molar-refractivity contribution is 0.293. The fraction of sp³-hybridized carbons (Fsp3) is 0.625. The predicted octanol–water partition coefficient (Wildman–Crippen LogP) is 3.48. The summed E-state index contributed by atoms with van der Waals surface area (Å²) in [6, 6.07) is 2.66. The Morgan fingerprint density at radius 3 is 2.79 bits per heavy atom. The highest BCUT2D eigenvalue weighted by Crippen LogP contribution is 2.17. The molecule has 1 aromatic heterocycles. The Balaban J connectivity index is 2.63. The second kappa shape index (κ2) is 8.18. The van der Waals surface area contributed by atoms with E-state index in [0.29, 0.717) is 6.04 Å². The lowest BCUT2D eigenvalue weighted by atomic mass is 10.2. The Morgan fingerprint density at radius 1 is 1.47 bits per heavy atom. The molecule has 0 atom stereocenters. The summed E-state index contributed by atoms with van der Waals surface area (Å²) in [4.78, 5) is 2.39. The Bertz CT molecular complexity index is 382. The van der Waals surface area contributed by atoms with Gasteiger partial charge in [0, 0.05) is 24.7 Å². The minimum absolute atomic E-state index is 0.478. The van der Waals surface area contributed by atoms with E-state index in [4.69, 9.17) is 4.42 Å². The van der Waals surface area contributed by atoms with Crippen LogP contribution in [-0.4, -0.2) is 24.0 Å². The summed E-state index contributed by atoms with van der Waals surface area (Å²) in [7, 11) is 0. The van der Waals surface area contributed by atoms with E-state index < -0.39 is 0 Å². The molecule has 0 saturated carbocycles. The fourth-order valence-electron chi connectivity index (χ4n) is 2.11. The van der Waals surface area contributed by atoms with Crippen molar-refractivity contribution >= 4 is 0 Å². The normalized spacial score (nSPS) is 11.5. The molecule has 3 heteroatoms. The average molecular weight is 264 g/mol. The maximum absolute atomic E-state index is 5.81. The molecular formula is C16H28N2O. The first-order valence-electron chi connectivity index (χ1n) is 7.21. The topological polar surface area (TPSA) is 28.4 Å². The van der Waals surface area contributed by atoms with Crippen LogP contribution in [0.25, 0.3) is 0 Å². The Labute approximate surface area is 117 Å². The largest absolute Gasteiger partial charge is 0.465 e. The molecule has 0 radical (unpaired) electrons. The minimum atomic E-state index is 0.478. The molecule has 108 valence electrons. The summed E-state index contributed by atoms with van der Waals surface area (Å²) in [5, 5.41) is 3.38. The molecule has 0 fully saturated rings. The summed E-state index contributed by atoms with van der Waals surface area (Å²) < 4.78 is 5.81. The smallest absolute Gasteiger partial charge is 0.118 e. The standard InChI is InChI=1S/C16H28N2O/c1-6-8-18(9-7-2)12-15-10-16(19-14(15)5)11-17-13(3)4/h6,10,13,17H,1,7-9,11-12H2,2-5H3. The van der Waals surface area contributed by atoms with Gasteiger partial charge in [-0.3, -0.25) is 4.90 Å². The zero-order chi connectivity index (χ0) is 14.3. The van der Waals surface area contributed by atoms with Crippen molar-refractivity contribution in [3.63, 3.8) is 0 Å². The van der Waals surface area contributed by atoms with Crippen LogP contribution in [0.15, 0.2) is 23.1 Å². The second-order valence-electron chi connectivity index (χ2n) is 5.35. The van der Waals surface area contributed by atoms with Gasteiger partial charge in [0.05, 0.1) is 6.54 Å². The van der Waals surface area contributed by atoms with Gasteiger partial charge < -0.3 is 9.73 Å². The molecule has 1 heterocycles. The molecule has 1 N–H and O–H groups in total. The van der Waals surface area contributed by atoms with Crippen molar-refractivity contribution in [2.24, 2.45) is 0 Å². The lowest BCUT2D eigenvalue weighted by Gasteiger charge is -2.19. The quantitative estimate of drug-likeness (QED) is 0.692. The van der Waals surface area contributed by atoms with Crippen molar-refractivity contribution in [3.8, 4) is 0 Å². The van der Waals surface area contributed by atoms with Crippen molar-refractivity contribution in [1.29, 1.82) is 0 Å². The number of aryl methyl sites for hydroxylation is 1. The molecule has 0 spiro atoms. The van der Waals surface area contributed by atoms with Gasteiger partial charge in [0.1, 0.15) is 11.5 Å². The summed E-state index contributed by atoms with van der Waals surface area (Å²) in [5.74, 6) is 2.06. The van der Waals surface area contributed by atoms with E-state index in [-0.39, 0.29) is 0 Å². The van der Waals surface area contributed by atoms with Crippen LogP contribution in [0.2, 0.25) is 0 Å². The minimum Gasteiger partial charge on any atom is -0.465 e. The Morgan fingerprint density at radius 2 is 2.21 bits per heavy atom. The molecule has 0 saturated heterocycles. The average Bonchev–Trinajstić information content (AvgIpc) is 2.68. The van der Waals surface area contributed by atoms with Crippen molar-refractivity contribution in [2.45, 2.75) is 53.2 Å². The van der Waals surface area contributed by atoms with Gasteiger partial charge in [-0.05, 0) is 26.0 Å². The number of hydrogen-bond donors (Lipinski definition) is 1. The third-order valence-electron chi connectivity index (χ3n) is 3.08. The van der Waals surface area contributed by atoms with E-state index >= 15 is 0 Å². The van der Waals surface area contributed by atoms with Crippen LogP contribution in [0.1, 0.15) is 44.3 Å². The first kappa shape index (κ1) is 16.0. The van der Waals surface area contributed by atoms with E-state index in [1.54, 1.807) is 0 Å². The summed E-state index contributed by atoms with van der Waals surface area (Å²) >= 11 is 0. The molecule has 1 aromatic rings. The number of rotatable bonds is 9. The van der Waals surface area contributed by atoms with Crippen molar-refractivity contribution in [1.82, 2.24) is 10.2 Å². The maximum Gasteiger partial charge on any atom is 0.118 e. The van der Waals surface area contributed by atoms with Crippen LogP contribution in [0.4, 0.5) is 0 Å². The van der Waals surface area contributed by atoms with Crippen LogP contribution in [0, 0.1) is 6.92 Å². The third kappa shape index (κ3) is 5.62. The molecular weight excluding hydrogens is 236 g/mol. The van der Waals surface area contributed by atoms with Crippen LogP contribution >= 0.6 is 0 Å². The van der Waals surface area contributed by atoms with Crippen LogP contribution in [0.5, 0.6) is 0 Å². The highest BCUT2D eigenvalue weighted by molar-refractivity contribution is 5.20.